The van der Waals surface area contributed by atoms with Gasteiger partial charge in [-0.1, -0.05) is 26.7 Å². The van der Waals surface area contributed by atoms with Crippen molar-refractivity contribution in [2.75, 3.05) is 17.3 Å². The van der Waals surface area contributed by atoms with Crippen LogP contribution >= 0.6 is 0 Å². The molecule has 1 unspecified atom stereocenters. The molecule has 0 heterocycles. The van der Waals surface area contributed by atoms with E-state index in [9.17, 15) is 8.42 Å². The fraction of sp³-hybridized carbons (Fsp3) is 0.600. The largest absolute Gasteiger partial charge is 0.397 e. The van der Waals surface area contributed by atoms with Crippen LogP contribution in [0.2, 0.25) is 0 Å². The van der Waals surface area contributed by atoms with Crippen molar-refractivity contribution in [3.63, 3.8) is 0 Å². The summed E-state index contributed by atoms with van der Waals surface area (Å²) in [6.45, 7) is 6.56. The predicted octanol–water partition coefficient (Wildman–Crippen LogP) is 3.30. The first-order valence-corrected chi connectivity index (χ1v) is 8.95. The maximum Gasteiger partial charge on any atom is 0.175 e. The fourth-order valence-corrected chi connectivity index (χ4v) is 2.73. The van der Waals surface area contributed by atoms with Gasteiger partial charge in [-0.15, -0.1) is 0 Å². The number of hydrogen-bond acceptors (Lipinski definition) is 4. The molecular weight excluding hydrogens is 272 g/mol. The summed E-state index contributed by atoms with van der Waals surface area (Å²) in [6.07, 6.45) is 4.65. The summed E-state index contributed by atoms with van der Waals surface area (Å²) < 4.78 is 22.9. The molecule has 0 fully saturated rings. The minimum Gasteiger partial charge on any atom is -0.397 e. The van der Waals surface area contributed by atoms with Gasteiger partial charge < -0.3 is 11.1 Å². The van der Waals surface area contributed by atoms with Crippen LogP contribution in [0.5, 0.6) is 0 Å². The normalized spacial score (nSPS) is 13.4. The molecule has 20 heavy (non-hydrogen) atoms. The van der Waals surface area contributed by atoms with E-state index >= 15 is 0 Å². The average molecular weight is 298 g/mol. The van der Waals surface area contributed by atoms with Crippen LogP contribution in [0.1, 0.15) is 40.0 Å². The standard InChI is InChI=1S/C15H26N2O2S/c1-11(2)6-5-7-12(3)17-15-9-8-13(10-14(15)16)20(4,18)19/h8-12,17H,5-7,16H2,1-4H3. The second-order valence-corrected chi connectivity index (χ2v) is 7.91. The number of benzene rings is 1. The van der Waals surface area contributed by atoms with E-state index in [4.69, 9.17) is 5.73 Å². The Labute approximate surface area is 122 Å². The van der Waals surface area contributed by atoms with Gasteiger partial charge in [0.05, 0.1) is 16.3 Å². The van der Waals surface area contributed by atoms with Crippen LogP contribution in [-0.4, -0.2) is 20.7 Å². The van der Waals surface area contributed by atoms with Crippen molar-refractivity contribution in [1.29, 1.82) is 0 Å². The van der Waals surface area contributed by atoms with Gasteiger partial charge in [-0.3, -0.25) is 0 Å². The van der Waals surface area contributed by atoms with E-state index in [1.165, 1.54) is 25.2 Å². The smallest absolute Gasteiger partial charge is 0.175 e. The van der Waals surface area contributed by atoms with E-state index in [1.807, 2.05) is 0 Å². The lowest BCUT2D eigenvalue weighted by Gasteiger charge is -2.17. The van der Waals surface area contributed by atoms with Crippen LogP contribution in [-0.2, 0) is 9.84 Å². The molecule has 0 aliphatic heterocycles. The zero-order valence-corrected chi connectivity index (χ0v) is 13.6. The molecule has 0 radical (unpaired) electrons. The Balaban J connectivity index is 2.65. The first-order chi connectivity index (χ1) is 9.20. The van der Waals surface area contributed by atoms with Crippen LogP contribution in [0.3, 0.4) is 0 Å². The van der Waals surface area contributed by atoms with Crippen molar-refractivity contribution in [2.45, 2.75) is 51.0 Å². The lowest BCUT2D eigenvalue weighted by molar-refractivity contribution is 0.520. The SMILES string of the molecule is CC(C)CCCC(C)Nc1ccc(S(C)(=O)=O)cc1N. The molecule has 4 nitrogen and oxygen atoms in total. The summed E-state index contributed by atoms with van der Waals surface area (Å²) >= 11 is 0. The molecule has 0 aliphatic carbocycles. The number of nitrogens with one attached hydrogen (secondary N) is 1. The topological polar surface area (TPSA) is 72.2 Å². The highest BCUT2D eigenvalue weighted by Gasteiger charge is 2.11. The van der Waals surface area contributed by atoms with Crippen molar-refractivity contribution >= 4 is 21.2 Å². The summed E-state index contributed by atoms with van der Waals surface area (Å²) in [5.41, 5.74) is 7.19. The molecule has 3 N–H and O–H groups in total. The molecule has 0 saturated carbocycles. The van der Waals surface area contributed by atoms with Crippen molar-refractivity contribution in [1.82, 2.24) is 0 Å². The number of anilines is 2. The molecule has 1 atom stereocenters. The molecule has 0 aromatic heterocycles. The third-order valence-corrected chi connectivity index (χ3v) is 4.38. The van der Waals surface area contributed by atoms with Crippen molar-refractivity contribution in [2.24, 2.45) is 5.92 Å². The quantitative estimate of drug-likeness (QED) is 0.758. The lowest BCUT2D eigenvalue weighted by Crippen LogP contribution is -2.16. The van der Waals surface area contributed by atoms with E-state index in [0.717, 1.165) is 18.0 Å². The fourth-order valence-electron chi connectivity index (χ4n) is 2.07. The summed E-state index contributed by atoms with van der Waals surface area (Å²) in [5, 5.41) is 3.34. The van der Waals surface area contributed by atoms with Crippen molar-refractivity contribution in [3.05, 3.63) is 18.2 Å². The maximum absolute atomic E-state index is 11.4. The van der Waals surface area contributed by atoms with Crippen LogP contribution in [0, 0.1) is 5.92 Å². The monoisotopic (exact) mass is 298 g/mol. The van der Waals surface area contributed by atoms with Gasteiger partial charge in [-0.25, -0.2) is 8.42 Å². The highest BCUT2D eigenvalue weighted by atomic mass is 32.2. The van der Waals surface area contributed by atoms with Gasteiger partial charge in [0.15, 0.2) is 9.84 Å². The van der Waals surface area contributed by atoms with E-state index in [1.54, 1.807) is 12.1 Å². The van der Waals surface area contributed by atoms with Gasteiger partial charge in [0.25, 0.3) is 0 Å². The van der Waals surface area contributed by atoms with Crippen LogP contribution in [0.25, 0.3) is 0 Å². The Morgan fingerprint density at radius 3 is 2.35 bits per heavy atom. The molecular formula is C15H26N2O2S. The second kappa shape index (κ2) is 6.97. The number of nitrogens with two attached hydrogens (primary N) is 1. The highest BCUT2D eigenvalue weighted by Crippen LogP contribution is 2.24. The van der Waals surface area contributed by atoms with E-state index in [-0.39, 0.29) is 4.90 Å². The van der Waals surface area contributed by atoms with Crippen molar-refractivity contribution < 1.29 is 8.42 Å². The van der Waals surface area contributed by atoms with E-state index in [0.29, 0.717) is 11.7 Å². The van der Waals surface area contributed by atoms with Gasteiger partial charge in [-0.2, -0.15) is 0 Å². The van der Waals surface area contributed by atoms with Crippen LogP contribution < -0.4 is 11.1 Å². The van der Waals surface area contributed by atoms with Crippen LogP contribution in [0.4, 0.5) is 11.4 Å². The molecule has 0 saturated heterocycles. The highest BCUT2D eigenvalue weighted by molar-refractivity contribution is 7.90. The molecule has 0 aliphatic rings. The summed E-state index contributed by atoms with van der Waals surface area (Å²) in [6, 6.07) is 5.16. The predicted molar refractivity (Wildman–Crippen MR) is 85.7 cm³/mol. The van der Waals surface area contributed by atoms with Gasteiger partial charge in [0.2, 0.25) is 0 Å². The molecule has 1 aromatic carbocycles. The molecule has 0 bridgehead atoms. The Hall–Kier alpha value is -1.23. The average Bonchev–Trinajstić information content (AvgIpc) is 2.29. The maximum atomic E-state index is 11.4. The van der Waals surface area contributed by atoms with Crippen molar-refractivity contribution in [3.8, 4) is 0 Å². The molecule has 5 heteroatoms. The zero-order valence-electron chi connectivity index (χ0n) is 12.8. The summed E-state index contributed by atoms with van der Waals surface area (Å²) in [4.78, 5) is 0.257. The van der Waals surface area contributed by atoms with E-state index in [2.05, 4.69) is 26.1 Å². The first-order valence-electron chi connectivity index (χ1n) is 7.06. The van der Waals surface area contributed by atoms with E-state index < -0.39 is 9.84 Å². The first kappa shape index (κ1) is 16.8. The molecule has 0 spiro atoms. The Morgan fingerprint density at radius 1 is 1.20 bits per heavy atom. The number of nitrogen functional groups attached to an aromatic ring is 1. The molecule has 114 valence electrons. The molecule has 0 amide bonds. The second-order valence-electron chi connectivity index (χ2n) is 5.89. The van der Waals surface area contributed by atoms with Gasteiger partial charge >= 0.3 is 0 Å². The molecule has 1 aromatic rings. The minimum absolute atomic E-state index is 0.257. The summed E-state index contributed by atoms with van der Waals surface area (Å²) in [5.74, 6) is 0.723. The Morgan fingerprint density at radius 2 is 1.85 bits per heavy atom. The number of rotatable bonds is 7. The molecule has 1 rings (SSSR count). The zero-order chi connectivity index (χ0) is 15.3. The lowest BCUT2D eigenvalue weighted by atomic mass is 10.0. The minimum atomic E-state index is -3.20. The number of hydrogen-bond donors (Lipinski definition) is 2. The Kier molecular flexibility index (Phi) is 5.87. The Bertz CT molecular complexity index is 539. The third kappa shape index (κ3) is 5.41. The number of sulfone groups is 1. The summed E-state index contributed by atoms with van der Waals surface area (Å²) in [7, 11) is -3.20. The third-order valence-electron chi connectivity index (χ3n) is 3.27. The van der Waals surface area contributed by atoms with Gasteiger partial charge in [0, 0.05) is 12.3 Å². The van der Waals surface area contributed by atoms with Crippen LogP contribution in [0.15, 0.2) is 23.1 Å². The van der Waals surface area contributed by atoms with Gasteiger partial charge in [0.1, 0.15) is 0 Å². The van der Waals surface area contributed by atoms with Gasteiger partial charge in [-0.05, 0) is 37.5 Å².